The summed E-state index contributed by atoms with van der Waals surface area (Å²) in [6, 6.07) is 6.55. The van der Waals surface area contributed by atoms with Gasteiger partial charge in [0.1, 0.15) is 79.2 Å². The van der Waals surface area contributed by atoms with Gasteiger partial charge in [0, 0.05) is 72.8 Å². The predicted molar refractivity (Wildman–Crippen MR) is 316 cm³/mol. The first-order chi connectivity index (χ1) is 42.5. The molecule has 33 nitrogen and oxygen atoms in total. The maximum Gasteiger partial charge on any atom is 0.257 e. The molecule has 0 radical (unpaired) electrons. The van der Waals surface area contributed by atoms with Crippen LogP contribution in [-0.2, 0) is 60.6 Å². The minimum absolute atomic E-state index is 0.0125. The molecule has 5 amide bonds. The smallest absolute Gasteiger partial charge is 0.257 e. The molecule has 2 aromatic heterocycles. The lowest BCUT2D eigenvalue weighted by Gasteiger charge is -2.47. The molecule has 4 aliphatic rings. The predicted octanol–water partition coefficient (Wildman–Crippen LogP) is -6.37. The van der Waals surface area contributed by atoms with Crippen molar-refractivity contribution in [1.29, 1.82) is 0 Å². The number of aliphatic hydroxyl groups is 6. The Hall–Kier alpha value is -6.20. The molecule has 5 heterocycles. The van der Waals surface area contributed by atoms with Crippen LogP contribution in [0.5, 0.6) is 0 Å². The normalized spacial score (nSPS) is 32.0. The van der Waals surface area contributed by atoms with E-state index in [0.29, 0.717) is 47.0 Å². The number of anilines is 2. The van der Waals surface area contributed by atoms with Crippen LogP contribution in [0.25, 0.3) is 11.3 Å². The molecule has 3 saturated heterocycles. The first-order valence-electron chi connectivity index (χ1n) is 29.1. The van der Waals surface area contributed by atoms with E-state index in [1.54, 1.807) is 41.8 Å². The van der Waals surface area contributed by atoms with Gasteiger partial charge in [-0.25, -0.2) is 9.67 Å². The molecule has 1 aliphatic carbocycles. The van der Waals surface area contributed by atoms with E-state index in [-0.39, 0.29) is 56.9 Å². The lowest BCUT2D eigenvalue weighted by Crippen LogP contribution is -2.68. The Morgan fingerprint density at radius 2 is 1.34 bits per heavy atom. The Bertz CT molecular complexity index is 3000. The summed E-state index contributed by atoms with van der Waals surface area (Å²) in [7, 11) is 0. The van der Waals surface area contributed by atoms with Crippen LogP contribution < -0.4 is 67.1 Å². The number of aromatic nitrogens is 4. The Morgan fingerprint density at radius 3 is 1.98 bits per heavy atom. The van der Waals surface area contributed by atoms with E-state index in [9.17, 15) is 54.6 Å². The third kappa shape index (κ3) is 17.2. The fraction of sp³-hybridized carbons (Fsp3) is 0.600. The van der Waals surface area contributed by atoms with Crippen molar-refractivity contribution in [3.63, 3.8) is 0 Å². The minimum atomic E-state index is -1.80. The fourth-order valence-electron chi connectivity index (χ4n) is 10.7. The molecule has 0 spiro atoms. The van der Waals surface area contributed by atoms with Crippen molar-refractivity contribution in [1.82, 2.24) is 30.6 Å². The third-order valence-corrected chi connectivity index (χ3v) is 16.6. The quantitative estimate of drug-likeness (QED) is 0.0247. The van der Waals surface area contributed by atoms with Gasteiger partial charge in [-0.05, 0) is 63.4 Å². The molecule has 4 aromatic rings. The maximum absolute atomic E-state index is 14.1. The molecule has 2 aromatic carbocycles. The number of hydrogen-bond donors (Lipinski definition) is 18. The van der Waals surface area contributed by atoms with Crippen molar-refractivity contribution in [2.24, 2.45) is 45.9 Å². The topological polar surface area (TPSA) is 562 Å². The second kappa shape index (κ2) is 31.2. The van der Waals surface area contributed by atoms with Gasteiger partial charge in [-0.15, -0.1) is 16.4 Å². The number of hydrogen-bond acceptors (Lipinski definition) is 28. The number of nitrogens with zero attached hydrogens (tertiary/aromatic N) is 4. The molecular weight excluding hydrogens is 1190 g/mol. The lowest BCUT2D eigenvalue weighted by atomic mass is 9.84. The number of ether oxygens (including phenoxy) is 6. The number of nitrogens with two attached hydrogens (primary N) is 8. The van der Waals surface area contributed by atoms with Gasteiger partial charge in [0.15, 0.2) is 24.0 Å². The molecule has 0 bridgehead atoms. The number of aliphatic hydroxyl groups excluding tert-OH is 6. The molecule has 4 fully saturated rings. The van der Waals surface area contributed by atoms with Crippen molar-refractivity contribution >= 4 is 51.7 Å². The van der Waals surface area contributed by atoms with E-state index < -0.39 is 158 Å². The average molecular weight is 1270 g/mol. The van der Waals surface area contributed by atoms with E-state index in [0.717, 1.165) is 5.56 Å². The van der Waals surface area contributed by atoms with Crippen LogP contribution in [0, 0.1) is 6.92 Å². The zero-order valence-electron chi connectivity index (χ0n) is 48.7. The van der Waals surface area contributed by atoms with Gasteiger partial charge in [0.2, 0.25) is 23.6 Å². The monoisotopic (exact) mass is 1270 g/mol. The Morgan fingerprint density at radius 1 is 0.708 bits per heavy atom. The lowest BCUT2D eigenvalue weighted by molar-refractivity contribution is -0.306. The van der Waals surface area contributed by atoms with E-state index in [2.05, 4.69) is 36.6 Å². The molecule has 8 rings (SSSR count). The molecule has 26 N–H and O–H groups in total. The summed E-state index contributed by atoms with van der Waals surface area (Å²) in [5.74, 6) is -3.27. The van der Waals surface area contributed by atoms with Gasteiger partial charge in [-0.1, -0.05) is 35.0 Å². The van der Waals surface area contributed by atoms with Crippen LogP contribution in [0.2, 0.25) is 0 Å². The number of nitrogens with one attached hydrogen (secondary N) is 4. The number of aryl methyl sites for hydroxylation is 1. The molecular formula is C55H82N16O17S. The Labute approximate surface area is 514 Å². The highest BCUT2D eigenvalue weighted by atomic mass is 32.1. The summed E-state index contributed by atoms with van der Waals surface area (Å²) >= 11 is 1.22. The van der Waals surface area contributed by atoms with E-state index >= 15 is 0 Å². The summed E-state index contributed by atoms with van der Waals surface area (Å²) in [6.45, 7) is 1.39. The maximum atomic E-state index is 14.1. The number of unbranched alkanes of at least 4 members (excludes halogenated alkanes) is 1. The molecule has 34 heteroatoms. The SMILES string of the molecule is Cc1ccc(C(=O)Nc2nc(-c3cccc(NC(=O)CCC(=O)N[C@@H](Cc4cn(C[C@H]5O[C@@H](O[C@@H]6[C@@H](O)[C@H](N)C[C@H](N)[C@H]6O[C@H]6O[C@H](CN)[C@@H](O)[C@H](O)[C@H]6N)[C@H](O)[C@@H]5O[C@H]5O[C@@H](CN)[C@@H](O)[C@H](O)[C@H]5N)nn4)C(=O)N[C@@H](CCCCN)C(N)=O)c3)cs2)cc1. The number of primary amides is 1. The van der Waals surface area contributed by atoms with Crippen LogP contribution >= 0.6 is 11.3 Å². The zero-order chi connectivity index (χ0) is 64.4. The molecule has 3 aliphatic heterocycles. The zero-order valence-corrected chi connectivity index (χ0v) is 49.5. The fourth-order valence-corrected chi connectivity index (χ4v) is 11.4. The largest absolute Gasteiger partial charge is 0.389 e. The van der Waals surface area contributed by atoms with Crippen LogP contribution in [0.1, 0.15) is 60.1 Å². The highest BCUT2D eigenvalue weighted by molar-refractivity contribution is 7.14. The number of carbonyl (C=O) groups is 5. The van der Waals surface area contributed by atoms with Crippen LogP contribution in [0.15, 0.2) is 60.1 Å². The summed E-state index contributed by atoms with van der Waals surface area (Å²) < 4.78 is 37.9. The van der Waals surface area contributed by atoms with Gasteiger partial charge < -0.3 is 121 Å². The van der Waals surface area contributed by atoms with Gasteiger partial charge in [-0.2, -0.15) is 0 Å². The van der Waals surface area contributed by atoms with Crippen molar-refractivity contribution in [3.8, 4) is 11.3 Å². The molecule has 0 unspecified atom stereocenters. The summed E-state index contributed by atoms with van der Waals surface area (Å²) in [6.07, 6.45) is -20.7. The van der Waals surface area contributed by atoms with E-state index in [1.807, 2.05) is 19.1 Å². The van der Waals surface area contributed by atoms with Gasteiger partial charge in [0.25, 0.3) is 5.91 Å². The number of rotatable bonds is 27. The average Bonchev–Trinajstić information content (AvgIpc) is 2.20. The van der Waals surface area contributed by atoms with Crippen molar-refractivity contribution < 1.29 is 83.0 Å². The number of amides is 5. The van der Waals surface area contributed by atoms with Crippen LogP contribution in [-0.4, -0.2) is 228 Å². The summed E-state index contributed by atoms with van der Waals surface area (Å²) in [5.41, 5.74) is 51.5. The van der Waals surface area contributed by atoms with Crippen LogP contribution in [0.4, 0.5) is 10.8 Å². The van der Waals surface area contributed by atoms with Crippen molar-refractivity contribution in [3.05, 3.63) is 76.9 Å². The first kappa shape index (κ1) is 68.7. The number of thiazole rings is 1. The van der Waals surface area contributed by atoms with Gasteiger partial charge in [-0.3, -0.25) is 29.3 Å². The molecule has 490 valence electrons. The molecule has 1 saturated carbocycles. The highest BCUT2D eigenvalue weighted by Crippen LogP contribution is 2.35. The third-order valence-electron chi connectivity index (χ3n) is 15.9. The first-order valence-corrected chi connectivity index (χ1v) is 30.0. The second-order valence-electron chi connectivity index (χ2n) is 22.6. The van der Waals surface area contributed by atoms with Gasteiger partial charge in [0.05, 0.1) is 36.1 Å². The van der Waals surface area contributed by atoms with Gasteiger partial charge >= 0.3 is 0 Å². The van der Waals surface area contributed by atoms with Crippen molar-refractivity contribution in [2.45, 2.75) is 187 Å². The standard InChI is InChI=1S/C55H82N16O17S/c1-23-8-10-24(11-9-23)50(81)68-55-67-32(22-89-55)25-5-4-6-26(15-25)64-36(72)12-13-37(73)65-31(51(82)66-30(49(63)80)7-2-3-14-56)16-27-20-71(70-69-27)21-35-47(87-53-39(62)44(78)42(76)34(19-58)84-53)45(79)54(85-35)88-48-40(74)28(59)17-29(60)46(48)86-52-38(61)43(77)41(75)33(18-57)83-52/h4-6,8-11,15,20,22,28-31,33-35,38-48,52-54,74-79H,2-3,7,12-14,16-19,21,56-62H2,1H3,(H2,63,80)(H,64,72)(H,65,73)(H,66,82)(H,67,68,81)/t28-,29+,30+,31+,33-,34+,35-,38-,39-,40+,41-,42-,43-,44-,45-,46-,47-,48-,52-,53-,54+/m1/s1. The number of benzene rings is 2. The van der Waals surface area contributed by atoms with E-state index in [4.69, 9.17) is 74.3 Å². The Balaban J connectivity index is 0.964. The van der Waals surface area contributed by atoms with Crippen LogP contribution in [0.3, 0.4) is 0 Å². The highest BCUT2D eigenvalue weighted by Gasteiger charge is 2.55. The summed E-state index contributed by atoms with van der Waals surface area (Å²) in [4.78, 5) is 71.0. The van der Waals surface area contributed by atoms with Crippen molar-refractivity contribution in [2.75, 3.05) is 30.3 Å². The van der Waals surface area contributed by atoms with E-state index in [1.165, 1.54) is 22.2 Å². The Kier molecular flexibility index (Phi) is 24.1. The molecule has 21 atom stereocenters. The summed E-state index contributed by atoms with van der Waals surface area (Å²) in [5, 5.41) is 87.7. The number of carbonyl (C=O) groups excluding carboxylic acids is 5. The minimum Gasteiger partial charge on any atom is -0.389 e. The second-order valence-corrected chi connectivity index (χ2v) is 23.4. The molecule has 89 heavy (non-hydrogen) atoms.